The largest absolute Gasteiger partial charge is 0.292 e. The lowest BCUT2D eigenvalue weighted by Crippen LogP contribution is -2.12. The van der Waals surface area contributed by atoms with E-state index in [-0.39, 0.29) is 5.78 Å². The molecule has 0 spiro atoms. The van der Waals surface area contributed by atoms with Gasteiger partial charge >= 0.3 is 0 Å². The first-order valence-electron chi connectivity index (χ1n) is 6.84. The number of ketones is 1. The van der Waals surface area contributed by atoms with E-state index >= 15 is 0 Å². The third-order valence-corrected chi connectivity index (χ3v) is 3.73. The molecule has 17 heavy (non-hydrogen) atoms. The molecule has 0 bridgehead atoms. The van der Waals surface area contributed by atoms with Crippen LogP contribution in [0.1, 0.15) is 62.1 Å². The second kappa shape index (κ2) is 5.48. The van der Waals surface area contributed by atoms with Crippen LogP contribution in [-0.2, 0) is 13.0 Å². The van der Waals surface area contributed by atoms with E-state index in [4.69, 9.17) is 0 Å². The van der Waals surface area contributed by atoms with Crippen molar-refractivity contribution in [2.24, 2.45) is 5.92 Å². The predicted molar refractivity (Wildman–Crippen MR) is 68.2 cm³/mol. The van der Waals surface area contributed by atoms with Gasteiger partial charge in [0.05, 0.1) is 5.69 Å². The highest BCUT2D eigenvalue weighted by Gasteiger charge is 2.21. The minimum absolute atomic E-state index is 0.283. The standard InChI is InChI=1S/C14H22N2O/c1-3-12-10-13(16(4-2)15-12)14(17)9-11-7-5-6-8-11/h10-11H,3-9H2,1-2H3. The Morgan fingerprint density at radius 1 is 1.41 bits per heavy atom. The number of Topliss-reactive ketones (excluding diaryl/α,β-unsaturated/α-hetero) is 1. The Kier molecular flexibility index (Phi) is 3.97. The third-order valence-electron chi connectivity index (χ3n) is 3.73. The Labute approximate surface area is 103 Å². The van der Waals surface area contributed by atoms with Gasteiger partial charge < -0.3 is 0 Å². The molecule has 1 aliphatic carbocycles. The summed E-state index contributed by atoms with van der Waals surface area (Å²) in [5.41, 5.74) is 1.85. The molecule has 3 heteroatoms. The first kappa shape index (κ1) is 12.3. The highest BCUT2D eigenvalue weighted by Crippen LogP contribution is 2.28. The fraction of sp³-hybridized carbons (Fsp3) is 0.714. The van der Waals surface area contributed by atoms with Crippen molar-refractivity contribution in [3.8, 4) is 0 Å². The molecule has 0 aliphatic heterocycles. The molecule has 0 atom stereocenters. The SMILES string of the molecule is CCc1cc(C(=O)CC2CCCC2)n(CC)n1. The van der Waals surface area contributed by atoms with E-state index in [2.05, 4.69) is 12.0 Å². The molecule has 1 aromatic rings. The van der Waals surface area contributed by atoms with E-state index in [0.717, 1.165) is 30.8 Å². The van der Waals surface area contributed by atoms with Crippen LogP contribution in [-0.4, -0.2) is 15.6 Å². The van der Waals surface area contributed by atoms with Crippen LogP contribution in [0.15, 0.2) is 6.07 Å². The van der Waals surface area contributed by atoms with E-state index in [0.29, 0.717) is 5.92 Å². The fourth-order valence-electron chi connectivity index (χ4n) is 2.69. The van der Waals surface area contributed by atoms with E-state index in [1.165, 1.54) is 25.7 Å². The van der Waals surface area contributed by atoms with Gasteiger partial charge in [0, 0.05) is 13.0 Å². The molecule has 0 N–H and O–H groups in total. The molecule has 1 aliphatic rings. The smallest absolute Gasteiger partial charge is 0.181 e. The average Bonchev–Trinajstić information content (AvgIpc) is 2.96. The fourth-order valence-corrected chi connectivity index (χ4v) is 2.69. The van der Waals surface area contributed by atoms with Gasteiger partial charge in [-0.05, 0) is 25.3 Å². The van der Waals surface area contributed by atoms with Crippen LogP contribution in [0.2, 0.25) is 0 Å². The van der Waals surface area contributed by atoms with Crippen LogP contribution in [0, 0.1) is 5.92 Å². The molecule has 0 amide bonds. The normalized spacial score (nSPS) is 16.6. The lowest BCUT2D eigenvalue weighted by Gasteiger charge is -2.08. The van der Waals surface area contributed by atoms with Crippen molar-refractivity contribution in [1.29, 1.82) is 0 Å². The van der Waals surface area contributed by atoms with Crippen LogP contribution < -0.4 is 0 Å². The summed E-state index contributed by atoms with van der Waals surface area (Å²) in [6.45, 7) is 4.90. The zero-order valence-electron chi connectivity index (χ0n) is 10.9. The lowest BCUT2D eigenvalue weighted by molar-refractivity contribution is 0.0951. The first-order chi connectivity index (χ1) is 8.24. The van der Waals surface area contributed by atoms with Gasteiger partial charge in [-0.25, -0.2) is 0 Å². The number of hydrogen-bond donors (Lipinski definition) is 0. The molecular weight excluding hydrogens is 212 g/mol. The number of aromatic nitrogens is 2. The summed E-state index contributed by atoms with van der Waals surface area (Å²) in [5.74, 6) is 0.902. The maximum Gasteiger partial charge on any atom is 0.181 e. The molecular formula is C14H22N2O. The van der Waals surface area contributed by atoms with Crippen LogP contribution >= 0.6 is 0 Å². The minimum atomic E-state index is 0.283. The highest BCUT2D eigenvalue weighted by molar-refractivity contribution is 5.94. The summed E-state index contributed by atoms with van der Waals surface area (Å²) in [6.07, 6.45) is 6.67. The number of rotatable bonds is 5. The van der Waals surface area contributed by atoms with Crippen LogP contribution in [0.4, 0.5) is 0 Å². The summed E-state index contributed by atoms with van der Waals surface area (Å²) in [6, 6.07) is 1.97. The molecule has 0 unspecified atom stereocenters. The van der Waals surface area contributed by atoms with E-state index in [1.54, 1.807) is 0 Å². The second-order valence-corrected chi connectivity index (χ2v) is 4.97. The van der Waals surface area contributed by atoms with Crippen molar-refractivity contribution >= 4 is 5.78 Å². The Hall–Kier alpha value is -1.12. The number of aryl methyl sites for hydroxylation is 2. The van der Waals surface area contributed by atoms with Crippen LogP contribution in [0.5, 0.6) is 0 Å². The predicted octanol–water partition coefficient (Wildman–Crippen LogP) is 3.23. The van der Waals surface area contributed by atoms with Crippen molar-refractivity contribution in [2.75, 3.05) is 0 Å². The van der Waals surface area contributed by atoms with Gasteiger partial charge in [-0.1, -0.05) is 32.6 Å². The zero-order chi connectivity index (χ0) is 12.3. The highest BCUT2D eigenvalue weighted by atomic mass is 16.1. The molecule has 0 radical (unpaired) electrons. The Balaban J connectivity index is 2.08. The first-order valence-corrected chi connectivity index (χ1v) is 6.84. The van der Waals surface area contributed by atoms with Crippen molar-refractivity contribution in [1.82, 2.24) is 9.78 Å². The van der Waals surface area contributed by atoms with Gasteiger partial charge in [0.15, 0.2) is 5.78 Å². The van der Waals surface area contributed by atoms with E-state index < -0.39 is 0 Å². The maximum atomic E-state index is 12.2. The monoisotopic (exact) mass is 234 g/mol. The number of carbonyl (C=O) groups excluding carboxylic acids is 1. The molecule has 1 heterocycles. The second-order valence-electron chi connectivity index (χ2n) is 4.97. The molecule has 1 aromatic heterocycles. The van der Waals surface area contributed by atoms with E-state index in [9.17, 15) is 4.79 Å². The van der Waals surface area contributed by atoms with E-state index in [1.807, 2.05) is 17.7 Å². The Morgan fingerprint density at radius 2 is 2.12 bits per heavy atom. The molecule has 1 fully saturated rings. The van der Waals surface area contributed by atoms with Crippen LogP contribution in [0.25, 0.3) is 0 Å². The Morgan fingerprint density at radius 3 is 2.71 bits per heavy atom. The van der Waals surface area contributed by atoms with Crippen molar-refractivity contribution in [2.45, 2.75) is 58.9 Å². The van der Waals surface area contributed by atoms with Gasteiger partial charge in [-0.3, -0.25) is 9.48 Å². The van der Waals surface area contributed by atoms with Gasteiger partial charge in [-0.15, -0.1) is 0 Å². The number of nitrogens with zero attached hydrogens (tertiary/aromatic N) is 2. The van der Waals surface area contributed by atoms with Gasteiger partial charge in [0.2, 0.25) is 0 Å². The Bertz CT molecular complexity index is 389. The van der Waals surface area contributed by atoms with Crippen LogP contribution in [0.3, 0.4) is 0 Å². The molecule has 94 valence electrons. The molecule has 2 rings (SSSR count). The topological polar surface area (TPSA) is 34.9 Å². The molecule has 0 aromatic carbocycles. The minimum Gasteiger partial charge on any atom is -0.292 e. The summed E-state index contributed by atoms with van der Waals surface area (Å²) in [7, 11) is 0. The van der Waals surface area contributed by atoms with Crippen molar-refractivity contribution < 1.29 is 4.79 Å². The summed E-state index contributed by atoms with van der Waals surface area (Å²) < 4.78 is 1.86. The molecule has 3 nitrogen and oxygen atoms in total. The summed E-state index contributed by atoms with van der Waals surface area (Å²) in [5, 5.41) is 4.44. The quantitative estimate of drug-likeness (QED) is 0.733. The maximum absolute atomic E-state index is 12.2. The third kappa shape index (κ3) is 2.76. The number of carbonyl (C=O) groups is 1. The lowest BCUT2D eigenvalue weighted by atomic mass is 9.99. The summed E-state index contributed by atoms with van der Waals surface area (Å²) in [4.78, 5) is 12.2. The van der Waals surface area contributed by atoms with Crippen molar-refractivity contribution in [3.63, 3.8) is 0 Å². The zero-order valence-corrected chi connectivity index (χ0v) is 10.9. The van der Waals surface area contributed by atoms with Gasteiger partial charge in [0.25, 0.3) is 0 Å². The van der Waals surface area contributed by atoms with Crippen molar-refractivity contribution in [3.05, 3.63) is 17.5 Å². The number of hydrogen-bond acceptors (Lipinski definition) is 2. The summed E-state index contributed by atoms with van der Waals surface area (Å²) >= 11 is 0. The molecule has 0 saturated heterocycles. The molecule has 1 saturated carbocycles. The van der Waals surface area contributed by atoms with Gasteiger partial charge in [-0.2, -0.15) is 5.10 Å². The average molecular weight is 234 g/mol. The van der Waals surface area contributed by atoms with Gasteiger partial charge in [0.1, 0.15) is 5.69 Å².